The highest BCUT2D eigenvalue weighted by atomic mass is 35.5. The van der Waals surface area contributed by atoms with Crippen molar-refractivity contribution in [2.24, 2.45) is 0 Å². The van der Waals surface area contributed by atoms with Crippen LogP contribution in [0.25, 0.3) is 10.9 Å². The van der Waals surface area contributed by atoms with Crippen molar-refractivity contribution < 1.29 is 14.3 Å². The molecule has 4 aromatic rings. The van der Waals surface area contributed by atoms with Crippen molar-refractivity contribution in [3.05, 3.63) is 105 Å². The summed E-state index contributed by atoms with van der Waals surface area (Å²) in [6.45, 7) is 0.350. The monoisotopic (exact) mass is 431 g/mol. The highest BCUT2D eigenvalue weighted by molar-refractivity contribution is 6.31. The lowest BCUT2D eigenvalue weighted by Gasteiger charge is -2.25. The van der Waals surface area contributed by atoms with Crippen molar-refractivity contribution in [2.75, 3.05) is 0 Å². The quantitative estimate of drug-likeness (QED) is 0.451. The van der Waals surface area contributed by atoms with E-state index < -0.39 is 0 Å². The summed E-state index contributed by atoms with van der Waals surface area (Å²) in [5.41, 5.74) is 2.62. The zero-order valence-corrected chi connectivity index (χ0v) is 17.2. The van der Waals surface area contributed by atoms with Crippen molar-refractivity contribution >= 4 is 28.5 Å². The number of para-hydroxylation sites is 1. The summed E-state index contributed by atoms with van der Waals surface area (Å²) in [6.07, 6.45) is 0.105. The van der Waals surface area contributed by atoms with E-state index >= 15 is 0 Å². The highest BCUT2D eigenvalue weighted by Gasteiger charge is 2.32. The third-order valence-electron chi connectivity index (χ3n) is 5.48. The number of fused-ring (bicyclic) bond motifs is 3. The molecule has 0 aliphatic carbocycles. The van der Waals surface area contributed by atoms with Crippen LogP contribution in [0.2, 0.25) is 5.02 Å². The van der Waals surface area contributed by atoms with Crippen LogP contribution in [0.3, 0.4) is 0 Å². The molecule has 2 heterocycles. The third kappa shape index (κ3) is 3.68. The normalized spacial score (nSPS) is 15.4. The SMILES string of the molecule is O=C1CC(c2ccc(OCc3ccccc3Cl)cc2)c2c(c3ccccc3[nH]c2=O)O1. The Labute approximate surface area is 183 Å². The second-order valence-electron chi connectivity index (χ2n) is 7.42. The Hall–Kier alpha value is -3.57. The molecule has 3 aromatic carbocycles. The number of aromatic amines is 1. The lowest BCUT2D eigenvalue weighted by Crippen LogP contribution is -2.28. The molecule has 0 amide bonds. The molecule has 0 bridgehead atoms. The van der Waals surface area contributed by atoms with Gasteiger partial charge in [-0.15, -0.1) is 0 Å². The van der Waals surface area contributed by atoms with Crippen LogP contribution in [0, 0.1) is 0 Å². The molecule has 0 spiro atoms. The molecule has 0 saturated heterocycles. The van der Waals surface area contributed by atoms with Gasteiger partial charge in [0.2, 0.25) is 0 Å². The number of H-pyrrole nitrogens is 1. The lowest BCUT2D eigenvalue weighted by molar-refractivity contribution is -0.135. The number of nitrogens with one attached hydrogen (secondary N) is 1. The van der Waals surface area contributed by atoms with Gasteiger partial charge in [-0.2, -0.15) is 0 Å². The minimum absolute atomic E-state index is 0.105. The molecule has 1 aromatic heterocycles. The molecule has 1 aliphatic heterocycles. The van der Waals surface area contributed by atoms with E-state index in [-0.39, 0.29) is 23.9 Å². The Kier molecular flexibility index (Phi) is 4.96. The van der Waals surface area contributed by atoms with Crippen molar-refractivity contribution in [1.82, 2.24) is 4.98 Å². The third-order valence-corrected chi connectivity index (χ3v) is 5.85. The molecule has 31 heavy (non-hydrogen) atoms. The van der Waals surface area contributed by atoms with Crippen LogP contribution >= 0.6 is 11.6 Å². The zero-order valence-electron chi connectivity index (χ0n) is 16.4. The Morgan fingerprint density at radius 2 is 1.71 bits per heavy atom. The topological polar surface area (TPSA) is 68.4 Å². The van der Waals surface area contributed by atoms with E-state index in [0.29, 0.717) is 34.2 Å². The molecule has 0 fully saturated rings. The number of esters is 1. The van der Waals surface area contributed by atoms with Gasteiger partial charge in [0.15, 0.2) is 0 Å². The second-order valence-corrected chi connectivity index (χ2v) is 7.83. The van der Waals surface area contributed by atoms with Gasteiger partial charge in [0.1, 0.15) is 18.1 Å². The standard InChI is InChI=1S/C25H18ClNO4/c26-20-7-3-1-5-16(20)14-30-17-11-9-15(10-12-17)19-13-22(28)31-24-18-6-2-4-8-21(18)27-25(29)23(19)24/h1-12,19H,13-14H2,(H,27,29). The predicted octanol–water partition coefficient (Wildman–Crippen LogP) is 5.20. The summed E-state index contributed by atoms with van der Waals surface area (Å²) >= 11 is 6.18. The first-order valence-corrected chi connectivity index (χ1v) is 10.3. The van der Waals surface area contributed by atoms with Gasteiger partial charge in [0.25, 0.3) is 5.56 Å². The lowest BCUT2D eigenvalue weighted by atomic mass is 9.86. The summed E-state index contributed by atoms with van der Waals surface area (Å²) in [4.78, 5) is 28.1. The number of hydrogen-bond donors (Lipinski definition) is 1. The zero-order chi connectivity index (χ0) is 21.4. The number of hydrogen-bond acceptors (Lipinski definition) is 4. The van der Waals surface area contributed by atoms with Crippen molar-refractivity contribution in [1.29, 1.82) is 0 Å². The highest BCUT2D eigenvalue weighted by Crippen LogP contribution is 2.40. The van der Waals surface area contributed by atoms with Crippen LogP contribution in [0.5, 0.6) is 11.5 Å². The van der Waals surface area contributed by atoms with Gasteiger partial charge in [-0.25, -0.2) is 0 Å². The summed E-state index contributed by atoms with van der Waals surface area (Å²) in [5.74, 6) is 0.281. The van der Waals surface area contributed by atoms with Gasteiger partial charge in [-0.3, -0.25) is 9.59 Å². The van der Waals surface area contributed by atoms with E-state index in [4.69, 9.17) is 21.1 Å². The van der Waals surface area contributed by atoms with Crippen LogP contribution in [-0.2, 0) is 11.4 Å². The van der Waals surface area contributed by atoms with Gasteiger partial charge in [0, 0.05) is 21.9 Å². The maximum absolute atomic E-state index is 12.8. The first kappa shape index (κ1) is 19.4. The first-order valence-electron chi connectivity index (χ1n) is 9.92. The number of aromatic nitrogens is 1. The van der Waals surface area contributed by atoms with E-state index in [1.165, 1.54) is 0 Å². The van der Waals surface area contributed by atoms with Gasteiger partial charge in [-0.05, 0) is 35.9 Å². The average molecular weight is 432 g/mol. The molecule has 5 rings (SSSR count). The minimum atomic E-state index is -0.387. The first-order chi connectivity index (χ1) is 15.1. The van der Waals surface area contributed by atoms with Crippen LogP contribution in [0.15, 0.2) is 77.6 Å². The summed E-state index contributed by atoms with van der Waals surface area (Å²) in [6, 6.07) is 22.3. The van der Waals surface area contributed by atoms with Gasteiger partial charge in [-0.1, -0.05) is 54.1 Å². The summed E-state index contributed by atoms with van der Waals surface area (Å²) in [5, 5.41) is 1.37. The number of carbonyl (C=O) groups is 1. The van der Waals surface area contributed by atoms with Crippen molar-refractivity contribution in [3.63, 3.8) is 0 Å². The molecule has 5 nitrogen and oxygen atoms in total. The molecule has 1 N–H and O–H groups in total. The fourth-order valence-corrected chi connectivity index (χ4v) is 4.13. The van der Waals surface area contributed by atoms with E-state index in [2.05, 4.69) is 4.98 Å². The largest absolute Gasteiger partial charge is 0.489 e. The molecule has 154 valence electrons. The predicted molar refractivity (Wildman–Crippen MR) is 119 cm³/mol. The fraction of sp³-hybridized carbons (Fsp3) is 0.120. The summed E-state index contributed by atoms with van der Waals surface area (Å²) < 4.78 is 11.3. The number of benzene rings is 3. The van der Waals surface area contributed by atoms with Crippen molar-refractivity contribution in [2.45, 2.75) is 18.9 Å². The fourth-order valence-electron chi connectivity index (χ4n) is 3.94. The molecule has 1 atom stereocenters. The van der Waals surface area contributed by atoms with Gasteiger partial charge >= 0.3 is 5.97 Å². The van der Waals surface area contributed by atoms with E-state index in [1.807, 2.05) is 66.7 Å². The van der Waals surface area contributed by atoms with Crippen LogP contribution < -0.4 is 15.0 Å². The molecule has 1 aliphatic rings. The number of pyridine rings is 1. The molecule has 6 heteroatoms. The second kappa shape index (κ2) is 7.93. The van der Waals surface area contributed by atoms with Gasteiger partial charge in [0.05, 0.1) is 17.5 Å². The molecule has 1 unspecified atom stereocenters. The Balaban J connectivity index is 1.46. The van der Waals surface area contributed by atoms with Gasteiger partial charge < -0.3 is 14.5 Å². The number of carbonyl (C=O) groups excluding carboxylic acids is 1. The van der Waals surface area contributed by atoms with Crippen LogP contribution in [0.1, 0.15) is 29.0 Å². The van der Waals surface area contributed by atoms with Crippen LogP contribution in [-0.4, -0.2) is 11.0 Å². The average Bonchev–Trinajstić information content (AvgIpc) is 2.78. The van der Waals surface area contributed by atoms with Crippen LogP contribution in [0.4, 0.5) is 0 Å². The molecular weight excluding hydrogens is 414 g/mol. The Bertz CT molecular complexity index is 1340. The minimum Gasteiger partial charge on any atom is -0.489 e. The number of rotatable bonds is 4. The maximum atomic E-state index is 12.8. The number of halogens is 1. The van der Waals surface area contributed by atoms with Crippen molar-refractivity contribution in [3.8, 4) is 11.5 Å². The molecular formula is C25H18ClNO4. The van der Waals surface area contributed by atoms with E-state index in [9.17, 15) is 9.59 Å². The number of ether oxygens (including phenoxy) is 2. The van der Waals surface area contributed by atoms with E-state index in [0.717, 1.165) is 16.5 Å². The molecule has 0 radical (unpaired) electrons. The Morgan fingerprint density at radius 1 is 0.968 bits per heavy atom. The van der Waals surface area contributed by atoms with E-state index in [1.54, 1.807) is 6.07 Å². The Morgan fingerprint density at radius 3 is 2.52 bits per heavy atom. The summed E-state index contributed by atoms with van der Waals surface area (Å²) in [7, 11) is 0. The maximum Gasteiger partial charge on any atom is 0.312 e. The smallest absolute Gasteiger partial charge is 0.312 e. The molecule has 0 saturated carbocycles.